The molecule has 1 aromatic carbocycles. The van der Waals surface area contributed by atoms with Gasteiger partial charge in [-0.3, -0.25) is 24.9 Å². The van der Waals surface area contributed by atoms with Crippen molar-refractivity contribution in [1.29, 1.82) is 0 Å². The number of rotatable bonds is 8. The summed E-state index contributed by atoms with van der Waals surface area (Å²) < 4.78 is 25.5. The number of pyridine rings is 1. The number of nitrogens with zero attached hydrogens (tertiary/aromatic N) is 5. The van der Waals surface area contributed by atoms with Crippen LogP contribution in [0.3, 0.4) is 0 Å². The number of anilines is 1. The second-order valence-corrected chi connectivity index (χ2v) is 7.79. The zero-order valence-corrected chi connectivity index (χ0v) is 18.8. The number of halogens is 1. The van der Waals surface area contributed by atoms with Crippen LogP contribution in [0.25, 0.3) is 11.1 Å². The summed E-state index contributed by atoms with van der Waals surface area (Å²) in [7, 11) is 1.43. The van der Waals surface area contributed by atoms with Crippen LogP contribution in [-0.2, 0) is 6.61 Å². The first kappa shape index (κ1) is 22.9. The van der Waals surface area contributed by atoms with E-state index < -0.39 is 11.7 Å². The molecule has 4 rings (SSSR count). The molecule has 0 atom stereocenters. The van der Waals surface area contributed by atoms with Crippen LogP contribution in [0, 0.1) is 12.7 Å². The summed E-state index contributed by atoms with van der Waals surface area (Å²) >= 11 is 0.998. The number of carbonyl (C=O) groups is 2. The summed E-state index contributed by atoms with van der Waals surface area (Å²) in [5.41, 5.74) is 1.93. The number of hydrogen-bond acceptors (Lipinski definition) is 10. The number of carbonyl (C=O) groups excluding carboxylic acids is 2. The number of aryl methyl sites for hydroxylation is 1. The number of ether oxygens (including phenoxy) is 2. The summed E-state index contributed by atoms with van der Waals surface area (Å²) in [4.78, 5) is 35.8. The van der Waals surface area contributed by atoms with Gasteiger partial charge in [0.2, 0.25) is 5.13 Å². The van der Waals surface area contributed by atoms with Crippen molar-refractivity contribution in [3.63, 3.8) is 0 Å². The van der Waals surface area contributed by atoms with Gasteiger partial charge in [0.25, 0.3) is 11.1 Å². The van der Waals surface area contributed by atoms with Gasteiger partial charge in [-0.15, -0.1) is 5.10 Å². The van der Waals surface area contributed by atoms with E-state index in [9.17, 15) is 14.0 Å². The van der Waals surface area contributed by atoms with Crippen LogP contribution in [-0.4, -0.2) is 44.5 Å². The van der Waals surface area contributed by atoms with E-state index in [0.717, 1.165) is 11.3 Å². The molecule has 1 N–H and O–H groups in total. The lowest BCUT2D eigenvalue weighted by Crippen LogP contribution is -2.14. The zero-order chi connectivity index (χ0) is 24.1. The molecule has 10 nitrogen and oxygen atoms in total. The van der Waals surface area contributed by atoms with Gasteiger partial charge in [-0.1, -0.05) is 11.2 Å². The Labute approximate surface area is 196 Å². The molecule has 0 saturated carbocycles. The third-order valence-electron chi connectivity index (χ3n) is 4.57. The lowest BCUT2D eigenvalue weighted by atomic mass is 9.98. The fourth-order valence-corrected chi connectivity index (χ4v) is 3.59. The van der Waals surface area contributed by atoms with E-state index >= 15 is 0 Å². The Bertz CT molecular complexity index is 1350. The average molecular weight is 480 g/mol. The molecule has 0 spiro atoms. The van der Waals surface area contributed by atoms with Crippen molar-refractivity contribution in [2.75, 3.05) is 12.4 Å². The maximum Gasteiger partial charge on any atom is 0.296 e. The third kappa shape index (κ3) is 5.02. The highest BCUT2D eigenvalue weighted by Gasteiger charge is 2.21. The van der Waals surface area contributed by atoms with E-state index in [1.165, 1.54) is 37.8 Å². The minimum Gasteiger partial charge on any atom is -0.496 e. The zero-order valence-electron chi connectivity index (χ0n) is 18.0. The normalized spacial score (nSPS) is 10.6. The van der Waals surface area contributed by atoms with Crippen LogP contribution in [0.4, 0.5) is 9.52 Å². The maximum absolute atomic E-state index is 14.7. The van der Waals surface area contributed by atoms with Crippen molar-refractivity contribution in [3.05, 3.63) is 71.3 Å². The van der Waals surface area contributed by atoms with Gasteiger partial charge < -0.3 is 9.47 Å². The highest BCUT2D eigenvalue weighted by atomic mass is 32.1. The van der Waals surface area contributed by atoms with E-state index in [1.807, 2.05) is 0 Å². The molecule has 1 amide bonds. The largest absolute Gasteiger partial charge is 0.496 e. The Kier molecular flexibility index (Phi) is 6.78. The quantitative estimate of drug-likeness (QED) is 0.377. The number of aromatic nitrogens is 5. The number of hydrogen-bond donors (Lipinski definition) is 1. The molecule has 0 fully saturated rings. The molecular formula is C22H17FN6O4S. The molecule has 0 aliphatic carbocycles. The molecule has 12 heteroatoms. The minimum absolute atomic E-state index is 0.0494. The lowest BCUT2D eigenvalue weighted by Gasteiger charge is -2.14. The Morgan fingerprint density at radius 2 is 2.03 bits per heavy atom. The van der Waals surface area contributed by atoms with Crippen molar-refractivity contribution >= 4 is 28.7 Å². The minimum atomic E-state index is -0.550. The summed E-state index contributed by atoms with van der Waals surface area (Å²) in [6.45, 7) is 1.79. The second kappa shape index (κ2) is 10.1. The topological polar surface area (TPSA) is 129 Å². The van der Waals surface area contributed by atoms with E-state index in [1.54, 1.807) is 19.1 Å². The maximum atomic E-state index is 14.7. The van der Waals surface area contributed by atoms with Gasteiger partial charge in [-0.2, -0.15) is 0 Å². The molecule has 0 radical (unpaired) electrons. The molecule has 0 aliphatic heterocycles. The van der Waals surface area contributed by atoms with Gasteiger partial charge in [-0.25, -0.2) is 9.37 Å². The summed E-state index contributed by atoms with van der Waals surface area (Å²) in [6.07, 6.45) is 4.70. The molecule has 3 aromatic heterocycles. The number of aldehydes is 1. The van der Waals surface area contributed by atoms with Gasteiger partial charge in [0.15, 0.2) is 6.29 Å². The highest BCUT2D eigenvalue weighted by molar-refractivity contribution is 7.17. The van der Waals surface area contributed by atoms with Gasteiger partial charge in [0.1, 0.15) is 23.9 Å². The van der Waals surface area contributed by atoms with Gasteiger partial charge in [0.05, 0.1) is 36.3 Å². The second-order valence-electron chi connectivity index (χ2n) is 6.85. The van der Waals surface area contributed by atoms with E-state index in [-0.39, 0.29) is 39.5 Å². The van der Waals surface area contributed by atoms with Crippen molar-refractivity contribution in [2.24, 2.45) is 0 Å². The first-order chi connectivity index (χ1) is 16.5. The Morgan fingerprint density at radius 3 is 2.76 bits per heavy atom. The van der Waals surface area contributed by atoms with Crippen molar-refractivity contribution in [3.8, 4) is 22.1 Å². The standard InChI is InChI=1S/C22H17FN6O4S/c1-12-6-15(19-17(23)4-3-5-18(19)32-2)16(9-24-12)20(31)27-21-28-29-22(34-21)33-11-14-8-25-13(10-30)7-26-14/h3-10H,11H2,1-2H3,(H,27,28,31). The number of methoxy groups -OCH3 is 1. The molecule has 0 aliphatic rings. The Hall–Kier alpha value is -4.32. The Balaban J connectivity index is 1.52. The molecule has 172 valence electrons. The number of amides is 1. The highest BCUT2D eigenvalue weighted by Crippen LogP contribution is 2.35. The van der Waals surface area contributed by atoms with Crippen molar-refractivity contribution in [2.45, 2.75) is 13.5 Å². The smallest absolute Gasteiger partial charge is 0.296 e. The fraction of sp³-hybridized carbons (Fsp3) is 0.136. The molecular weight excluding hydrogens is 463 g/mol. The first-order valence-corrected chi connectivity index (χ1v) is 10.6. The van der Waals surface area contributed by atoms with Gasteiger partial charge >= 0.3 is 0 Å². The molecule has 0 unspecified atom stereocenters. The molecule has 34 heavy (non-hydrogen) atoms. The molecule has 3 heterocycles. The van der Waals surface area contributed by atoms with Gasteiger partial charge in [0, 0.05) is 17.5 Å². The summed E-state index contributed by atoms with van der Waals surface area (Å²) in [6, 6.07) is 6.04. The van der Waals surface area contributed by atoms with Gasteiger partial charge in [-0.05, 0) is 36.5 Å². The average Bonchev–Trinajstić information content (AvgIpc) is 3.29. The van der Waals surface area contributed by atoms with E-state index in [2.05, 4.69) is 30.5 Å². The van der Waals surface area contributed by atoms with Crippen LogP contribution in [0.2, 0.25) is 0 Å². The van der Waals surface area contributed by atoms with Crippen LogP contribution >= 0.6 is 11.3 Å². The van der Waals surface area contributed by atoms with Crippen LogP contribution in [0.5, 0.6) is 10.9 Å². The fourth-order valence-electron chi connectivity index (χ4n) is 3.00. The predicted octanol–water partition coefficient (Wildman–Crippen LogP) is 3.49. The third-order valence-corrected chi connectivity index (χ3v) is 5.32. The summed E-state index contributed by atoms with van der Waals surface area (Å²) in [5.74, 6) is -0.795. The lowest BCUT2D eigenvalue weighted by molar-refractivity contribution is 0.102. The van der Waals surface area contributed by atoms with E-state index in [4.69, 9.17) is 9.47 Å². The van der Waals surface area contributed by atoms with Crippen molar-refractivity contribution < 1.29 is 23.5 Å². The van der Waals surface area contributed by atoms with Crippen molar-refractivity contribution in [1.82, 2.24) is 25.1 Å². The first-order valence-electron chi connectivity index (χ1n) is 9.81. The Morgan fingerprint density at radius 1 is 1.18 bits per heavy atom. The van der Waals surface area contributed by atoms with Crippen LogP contribution in [0.1, 0.15) is 32.2 Å². The monoisotopic (exact) mass is 480 g/mol. The molecule has 0 bridgehead atoms. The van der Waals surface area contributed by atoms with E-state index in [0.29, 0.717) is 23.2 Å². The van der Waals surface area contributed by atoms with Crippen LogP contribution < -0.4 is 14.8 Å². The number of nitrogens with one attached hydrogen (secondary N) is 1. The predicted molar refractivity (Wildman–Crippen MR) is 121 cm³/mol. The summed E-state index contributed by atoms with van der Waals surface area (Å²) in [5, 5.41) is 10.8. The van der Waals surface area contributed by atoms with Crippen LogP contribution in [0.15, 0.2) is 42.9 Å². The number of benzene rings is 1. The SMILES string of the molecule is COc1cccc(F)c1-c1cc(C)ncc1C(=O)Nc1nnc(OCc2cnc(C=O)cn2)s1. The molecule has 0 saturated heterocycles. The molecule has 4 aromatic rings.